The Kier molecular flexibility index (Phi) is 3.63. The second-order valence-corrected chi connectivity index (χ2v) is 7.37. The molecule has 0 N–H and O–H groups in total. The van der Waals surface area contributed by atoms with Gasteiger partial charge in [0.05, 0.1) is 5.69 Å². The molecule has 2 aliphatic rings. The van der Waals surface area contributed by atoms with Gasteiger partial charge in [-0.15, -0.1) is 0 Å². The molecule has 3 heterocycles. The van der Waals surface area contributed by atoms with Gasteiger partial charge in [0, 0.05) is 32.4 Å². The van der Waals surface area contributed by atoms with E-state index in [9.17, 15) is 4.79 Å². The quantitative estimate of drug-likeness (QED) is 0.794. The van der Waals surface area contributed by atoms with Crippen LogP contribution in [0.15, 0.2) is 12.3 Å². The number of aromatic nitrogens is 1. The minimum Gasteiger partial charge on any atom is -0.340 e. The van der Waals surface area contributed by atoms with Crippen LogP contribution < -0.4 is 9.80 Å². The van der Waals surface area contributed by atoms with Crippen LogP contribution in [0.4, 0.5) is 11.5 Å². The maximum absolute atomic E-state index is 12.9. The molecule has 0 spiro atoms. The van der Waals surface area contributed by atoms with Gasteiger partial charge in [0.2, 0.25) is 0 Å². The lowest BCUT2D eigenvalue weighted by atomic mass is 9.87. The number of rotatable bonds is 1. The Morgan fingerprint density at radius 2 is 2.05 bits per heavy atom. The predicted molar refractivity (Wildman–Crippen MR) is 89.6 cm³/mol. The monoisotopic (exact) mass is 302 g/mol. The van der Waals surface area contributed by atoms with E-state index in [1.165, 1.54) is 5.56 Å². The first kappa shape index (κ1) is 15.3. The number of carbonyl (C=O) groups excluding carboxylic acids is 1. The molecule has 2 aliphatic heterocycles. The summed E-state index contributed by atoms with van der Waals surface area (Å²) in [7, 11) is 2.08. The summed E-state index contributed by atoms with van der Waals surface area (Å²) in [6.45, 7) is 11.9. The number of amides is 1. The molecule has 1 aromatic heterocycles. The number of nitrogens with zero attached hydrogens (tertiary/aromatic N) is 4. The fourth-order valence-electron chi connectivity index (χ4n) is 3.29. The summed E-state index contributed by atoms with van der Waals surface area (Å²) in [5.41, 5.74) is 2.18. The molecule has 5 heteroatoms. The van der Waals surface area contributed by atoms with Crippen molar-refractivity contribution in [2.75, 3.05) is 43.0 Å². The van der Waals surface area contributed by atoms with Gasteiger partial charge >= 0.3 is 0 Å². The molecule has 1 atom stereocenters. The predicted octanol–water partition coefficient (Wildman–Crippen LogP) is 1.87. The fourth-order valence-corrected chi connectivity index (χ4v) is 3.29. The standard InChI is InChI=1S/C17H26N4O/c1-6-20-13-9-12(17(2,3)4)10-18-15(13)21-8-7-19(5)11-14(21)16(20)22/h9-10,14H,6-8,11H2,1-5H3/t14-/m0/s1. The van der Waals surface area contributed by atoms with Crippen LogP contribution in [0, 0.1) is 0 Å². The maximum atomic E-state index is 12.9. The summed E-state index contributed by atoms with van der Waals surface area (Å²) in [6, 6.07) is 2.05. The first-order valence-electron chi connectivity index (χ1n) is 8.10. The largest absolute Gasteiger partial charge is 0.340 e. The zero-order valence-corrected chi connectivity index (χ0v) is 14.3. The first-order valence-corrected chi connectivity index (χ1v) is 8.10. The SMILES string of the molecule is CCN1C(=O)[C@@H]2CN(C)CCN2c2ncc(C(C)(C)C)cc21. The van der Waals surface area contributed by atoms with Crippen molar-refractivity contribution in [1.29, 1.82) is 0 Å². The summed E-state index contributed by atoms with van der Waals surface area (Å²) in [5, 5.41) is 0. The molecule has 0 aliphatic carbocycles. The van der Waals surface area contributed by atoms with Gasteiger partial charge in [-0.3, -0.25) is 4.79 Å². The van der Waals surface area contributed by atoms with Gasteiger partial charge < -0.3 is 14.7 Å². The van der Waals surface area contributed by atoms with Crippen LogP contribution >= 0.6 is 0 Å². The van der Waals surface area contributed by atoms with Gasteiger partial charge in [0.1, 0.15) is 6.04 Å². The molecule has 22 heavy (non-hydrogen) atoms. The van der Waals surface area contributed by atoms with Crippen LogP contribution in [-0.2, 0) is 10.2 Å². The highest BCUT2D eigenvalue weighted by Gasteiger charge is 2.41. The minimum absolute atomic E-state index is 0.0312. The molecular weight excluding hydrogens is 276 g/mol. The molecule has 1 amide bonds. The molecule has 0 bridgehead atoms. The van der Waals surface area contributed by atoms with E-state index < -0.39 is 0 Å². The van der Waals surface area contributed by atoms with Gasteiger partial charge in [0.15, 0.2) is 5.82 Å². The molecule has 0 aromatic carbocycles. The van der Waals surface area contributed by atoms with E-state index in [1.54, 1.807) is 0 Å². The Morgan fingerprint density at radius 3 is 2.68 bits per heavy atom. The van der Waals surface area contributed by atoms with Crippen molar-refractivity contribution >= 4 is 17.4 Å². The van der Waals surface area contributed by atoms with Crippen LogP contribution in [0.1, 0.15) is 33.3 Å². The van der Waals surface area contributed by atoms with Gasteiger partial charge in [-0.2, -0.15) is 0 Å². The number of hydrogen-bond acceptors (Lipinski definition) is 4. The average Bonchev–Trinajstić information content (AvgIpc) is 2.46. The van der Waals surface area contributed by atoms with Crippen molar-refractivity contribution in [3.8, 4) is 0 Å². The Hall–Kier alpha value is -1.62. The second-order valence-electron chi connectivity index (χ2n) is 7.37. The summed E-state index contributed by atoms with van der Waals surface area (Å²) in [4.78, 5) is 23.9. The van der Waals surface area contributed by atoms with E-state index in [-0.39, 0.29) is 17.4 Å². The molecule has 0 saturated carbocycles. The van der Waals surface area contributed by atoms with Gasteiger partial charge in [-0.05, 0) is 31.0 Å². The molecule has 5 nitrogen and oxygen atoms in total. The zero-order valence-electron chi connectivity index (χ0n) is 14.3. The van der Waals surface area contributed by atoms with Crippen molar-refractivity contribution in [2.24, 2.45) is 0 Å². The van der Waals surface area contributed by atoms with Crippen molar-refractivity contribution in [2.45, 2.75) is 39.2 Å². The number of hydrogen-bond donors (Lipinski definition) is 0. The van der Waals surface area contributed by atoms with Crippen LogP contribution in [0.5, 0.6) is 0 Å². The Balaban J connectivity index is 2.09. The highest BCUT2D eigenvalue weighted by molar-refractivity contribution is 6.05. The van der Waals surface area contributed by atoms with Crippen LogP contribution in [0.2, 0.25) is 0 Å². The Morgan fingerprint density at radius 1 is 1.32 bits per heavy atom. The lowest BCUT2D eigenvalue weighted by Crippen LogP contribution is -2.62. The van der Waals surface area contributed by atoms with Crippen molar-refractivity contribution < 1.29 is 4.79 Å². The zero-order chi connectivity index (χ0) is 16.1. The van der Waals surface area contributed by atoms with Gasteiger partial charge in [-0.1, -0.05) is 20.8 Å². The van der Waals surface area contributed by atoms with Crippen molar-refractivity contribution in [3.05, 3.63) is 17.8 Å². The maximum Gasteiger partial charge on any atom is 0.251 e. The molecule has 120 valence electrons. The van der Waals surface area contributed by atoms with E-state index in [0.29, 0.717) is 6.54 Å². The van der Waals surface area contributed by atoms with Crippen LogP contribution in [0.25, 0.3) is 0 Å². The third-order valence-corrected chi connectivity index (χ3v) is 4.73. The first-order chi connectivity index (χ1) is 10.3. The number of carbonyl (C=O) groups is 1. The summed E-state index contributed by atoms with van der Waals surface area (Å²) < 4.78 is 0. The Bertz CT molecular complexity index is 593. The van der Waals surface area contributed by atoms with Crippen molar-refractivity contribution in [3.63, 3.8) is 0 Å². The molecular formula is C17H26N4O. The normalized spacial score (nSPS) is 22.6. The molecule has 1 saturated heterocycles. The van der Waals surface area contributed by atoms with E-state index in [2.05, 4.69) is 43.7 Å². The summed E-state index contributed by atoms with van der Waals surface area (Å²) >= 11 is 0. The van der Waals surface area contributed by atoms with E-state index >= 15 is 0 Å². The lowest BCUT2D eigenvalue weighted by molar-refractivity contribution is -0.121. The van der Waals surface area contributed by atoms with Gasteiger partial charge in [0.25, 0.3) is 5.91 Å². The molecule has 1 aromatic rings. The topological polar surface area (TPSA) is 39.7 Å². The number of pyridine rings is 1. The third-order valence-electron chi connectivity index (χ3n) is 4.73. The number of fused-ring (bicyclic) bond motifs is 3. The fraction of sp³-hybridized carbons (Fsp3) is 0.647. The van der Waals surface area contributed by atoms with E-state index in [0.717, 1.165) is 31.1 Å². The third kappa shape index (κ3) is 2.37. The number of piperazine rings is 1. The van der Waals surface area contributed by atoms with Crippen LogP contribution in [-0.4, -0.2) is 55.1 Å². The Labute approximate surface area is 132 Å². The average molecular weight is 302 g/mol. The molecule has 3 rings (SSSR count). The lowest BCUT2D eigenvalue weighted by Gasteiger charge is -2.46. The number of likely N-dealkylation sites (N-methyl/N-ethyl adjacent to an activating group) is 2. The summed E-state index contributed by atoms with van der Waals surface area (Å²) in [5.74, 6) is 1.17. The highest BCUT2D eigenvalue weighted by Crippen LogP contribution is 2.38. The van der Waals surface area contributed by atoms with Crippen molar-refractivity contribution in [1.82, 2.24) is 9.88 Å². The number of anilines is 2. The van der Waals surface area contributed by atoms with E-state index in [1.807, 2.05) is 18.0 Å². The molecule has 0 unspecified atom stereocenters. The van der Waals surface area contributed by atoms with E-state index in [4.69, 9.17) is 4.98 Å². The summed E-state index contributed by atoms with van der Waals surface area (Å²) in [6.07, 6.45) is 1.97. The van der Waals surface area contributed by atoms with Gasteiger partial charge in [-0.25, -0.2) is 4.98 Å². The highest BCUT2D eigenvalue weighted by atomic mass is 16.2. The minimum atomic E-state index is -0.0980. The second kappa shape index (κ2) is 5.23. The van der Waals surface area contributed by atoms with Crippen LogP contribution in [0.3, 0.4) is 0 Å². The smallest absolute Gasteiger partial charge is 0.251 e. The molecule has 0 radical (unpaired) electrons. The molecule has 1 fully saturated rings.